The maximum absolute atomic E-state index is 12.0. The molecule has 6 nitrogen and oxygen atoms in total. The first-order valence-electron chi connectivity index (χ1n) is 8.97. The summed E-state index contributed by atoms with van der Waals surface area (Å²) < 4.78 is 10.6. The number of benzene rings is 2. The highest BCUT2D eigenvalue weighted by molar-refractivity contribution is 6.02. The van der Waals surface area contributed by atoms with Crippen molar-refractivity contribution in [3.8, 4) is 17.2 Å². The average Bonchev–Trinajstić information content (AvgIpc) is 3.19. The summed E-state index contributed by atoms with van der Waals surface area (Å²) in [5.41, 5.74) is 1.63. The van der Waals surface area contributed by atoms with E-state index in [4.69, 9.17) is 9.26 Å². The molecule has 0 unspecified atom stereocenters. The van der Waals surface area contributed by atoms with Crippen LogP contribution in [0.3, 0.4) is 0 Å². The first-order valence-corrected chi connectivity index (χ1v) is 8.97. The second-order valence-electron chi connectivity index (χ2n) is 6.22. The largest absolute Gasteiger partial charge is 0.504 e. The standard InChI is InChI=1S/C21H22N2O4/c1-2-3-4-6-15-9-10-19(18(24)13-15)26-17-8-5-7-16(14-17)23-21(25)20-11-12-22-27-20/h5,7-14,24H,2-4,6H2,1H3,(H,23,25). The van der Waals surface area contributed by atoms with Crippen LogP contribution in [0.15, 0.2) is 59.3 Å². The third-order valence-corrected chi connectivity index (χ3v) is 4.07. The van der Waals surface area contributed by atoms with E-state index in [0.717, 1.165) is 24.8 Å². The van der Waals surface area contributed by atoms with Gasteiger partial charge >= 0.3 is 0 Å². The minimum absolute atomic E-state index is 0.0973. The van der Waals surface area contributed by atoms with Crippen molar-refractivity contribution in [3.63, 3.8) is 0 Å². The van der Waals surface area contributed by atoms with Gasteiger partial charge in [0.2, 0.25) is 5.76 Å². The summed E-state index contributed by atoms with van der Waals surface area (Å²) in [4.78, 5) is 12.0. The van der Waals surface area contributed by atoms with Crippen molar-refractivity contribution in [1.82, 2.24) is 5.16 Å². The highest BCUT2D eigenvalue weighted by atomic mass is 16.5. The number of unbranched alkanes of at least 4 members (excludes halogenated alkanes) is 2. The average molecular weight is 366 g/mol. The van der Waals surface area contributed by atoms with Gasteiger partial charge < -0.3 is 19.7 Å². The molecule has 0 aliphatic heterocycles. The molecule has 0 fully saturated rings. The molecule has 0 radical (unpaired) electrons. The summed E-state index contributed by atoms with van der Waals surface area (Å²) in [7, 11) is 0. The molecule has 0 saturated carbocycles. The molecule has 3 aromatic rings. The van der Waals surface area contributed by atoms with Crippen LogP contribution in [0, 0.1) is 0 Å². The minimum Gasteiger partial charge on any atom is -0.504 e. The summed E-state index contributed by atoms with van der Waals surface area (Å²) in [6.07, 6.45) is 5.78. The van der Waals surface area contributed by atoms with E-state index in [0.29, 0.717) is 17.2 Å². The number of phenolic OH excluding ortho intramolecular Hbond substituents is 1. The molecular weight excluding hydrogens is 344 g/mol. The summed E-state index contributed by atoms with van der Waals surface area (Å²) in [6.45, 7) is 2.16. The van der Waals surface area contributed by atoms with E-state index in [1.807, 2.05) is 6.07 Å². The number of aromatic hydroxyl groups is 1. The van der Waals surface area contributed by atoms with Crippen LogP contribution in [-0.4, -0.2) is 16.2 Å². The number of carbonyl (C=O) groups excluding carboxylic acids is 1. The van der Waals surface area contributed by atoms with Crippen molar-refractivity contribution in [2.75, 3.05) is 5.32 Å². The number of amides is 1. The number of anilines is 1. The van der Waals surface area contributed by atoms with Crippen LogP contribution >= 0.6 is 0 Å². The van der Waals surface area contributed by atoms with Gasteiger partial charge in [0.25, 0.3) is 5.91 Å². The molecule has 0 atom stereocenters. The third-order valence-electron chi connectivity index (χ3n) is 4.07. The van der Waals surface area contributed by atoms with Gasteiger partial charge in [0.1, 0.15) is 5.75 Å². The predicted molar refractivity (Wildman–Crippen MR) is 102 cm³/mol. The molecule has 2 N–H and O–H groups in total. The second kappa shape index (κ2) is 8.89. The van der Waals surface area contributed by atoms with Gasteiger partial charge in [-0.2, -0.15) is 0 Å². The van der Waals surface area contributed by atoms with Crippen molar-refractivity contribution in [3.05, 3.63) is 66.1 Å². The van der Waals surface area contributed by atoms with E-state index in [-0.39, 0.29) is 11.5 Å². The molecule has 140 valence electrons. The summed E-state index contributed by atoms with van der Waals surface area (Å²) in [6, 6.07) is 13.8. The van der Waals surface area contributed by atoms with Gasteiger partial charge in [-0.05, 0) is 42.7 Å². The van der Waals surface area contributed by atoms with Gasteiger partial charge in [-0.1, -0.05) is 37.1 Å². The molecule has 0 aliphatic carbocycles. The maximum atomic E-state index is 12.0. The first kappa shape index (κ1) is 18.5. The molecule has 0 spiro atoms. The molecule has 0 aliphatic rings. The van der Waals surface area contributed by atoms with E-state index in [1.165, 1.54) is 18.7 Å². The normalized spacial score (nSPS) is 10.6. The molecule has 1 aromatic heterocycles. The van der Waals surface area contributed by atoms with Gasteiger partial charge in [0, 0.05) is 17.8 Å². The lowest BCUT2D eigenvalue weighted by Crippen LogP contribution is -2.10. The van der Waals surface area contributed by atoms with Gasteiger partial charge in [0.05, 0.1) is 6.20 Å². The van der Waals surface area contributed by atoms with Crippen LogP contribution < -0.4 is 10.1 Å². The minimum atomic E-state index is -0.399. The second-order valence-corrected chi connectivity index (χ2v) is 6.22. The highest BCUT2D eigenvalue weighted by Gasteiger charge is 2.11. The first-order chi connectivity index (χ1) is 13.2. The van der Waals surface area contributed by atoms with E-state index in [2.05, 4.69) is 17.4 Å². The topological polar surface area (TPSA) is 84.6 Å². The smallest absolute Gasteiger partial charge is 0.294 e. The fourth-order valence-electron chi connectivity index (χ4n) is 2.67. The lowest BCUT2D eigenvalue weighted by atomic mass is 10.1. The fraction of sp³-hybridized carbons (Fsp3) is 0.238. The van der Waals surface area contributed by atoms with Crippen molar-refractivity contribution in [1.29, 1.82) is 0 Å². The molecule has 6 heteroatoms. The van der Waals surface area contributed by atoms with Gasteiger partial charge in [-0.15, -0.1) is 0 Å². The number of nitrogens with zero attached hydrogens (tertiary/aromatic N) is 1. The van der Waals surface area contributed by atoms with Crippen LogP contribution in [-0.2, 0) is 6.42 Å². The Hall–Kier alpha value is -3.28. The SMILES string of the molecule is CCCCCc1ccc(Oc2cccc(NC(=O)c3ccno3)c2)c(O)c1. The number of hydrogen-bond acceptors (Lipinski definition) is 5. The van der Waals surface area contributed by atoms with Gasteiger partial charge in [0.15, 0.2) is 11.5 Å². The van der Waals surface area contributed by atoms with Crippen LogP contribution in [0.25, 0.3) is 0 Å². The van der Waals surface area contributed by atoms with Gasteiger partial charge in [-0.25, -0.2) is 0 Å². The quantitative estimate of drug-likeness (QED) is 0.538. The zero-order chi connectivity index (χ0) is 19.1. The van der Waals surface area contributed by atoms with E-state index in [9.17, 15) is 9.90 Å². The summed E-state index contributed by atoms with van der Waals surface area (Å²) in [5.74, 6) is 0.689. The molecule has 1 amide bonds. The fourth-order valence-corrected chi connectivity index (χ4v) is 2.67. The van der Waals surface area contributed by atoms with E-state index >= 15 is 0 Å². The van der Waals surface area contributed by atoms with E-state index < -0.39 is 5.91 Å². The van der Waals surface area contributed by atoms with Crippen molar-refractivity contribution >= 4 is 11.6 Å². The molecule has 0 saturated heterocycles. The Morgan fingerprint density at radius 1 is 1.19 bits per heavy atom. The van der Waals surface area contributed by atoms with Crippen LogP contribution in [0.5, 0.6) is 17.2 Å². The van der Waals surface area contributed by atoms with Crippen LogP contribution in [0.4, 0.5) is 5.69 Å². The summed E-state index contributed by atoms with van der Waals surface area (Å²) in [5, 5.41) is 16.5. The van der Waals surface area contributed by atoms with Gasteiger partial charge in [-0.3, -0.25) is 4.79 Å². The highest BCUT2D eigenvalue weighted by Crippen LogP contribution is 2.32. The van der Waals surface area contributed by atoms with Crippen LogP contribution in [0.1, 0.15) is 42.3 Å². The predicted octanol–water partition coefficient (Wildman–Crippen LogP) is 5.16. The Balaban J connectivity index is 1.66. The molecule has 0 bridgehead atoms. The van der Waals surface area contributed by atoms with E-state index in [1.54, 1.807) is 36.4 Å². The number of aryl methyl sites for hydroxylation is 1. The van der Waals surface area contributed by atoms with Crippen molar-refractivity contribution in [2.24, 2.45) is 0 Å². The zero-order valence-electron chi connectivity index (χ0n) is 15.1. The van der Waals surface area contributed by atoms with Crippen molar-refractivity contribution in [2.45, 2.75) is 32.6 Å². The molecular formula is C21H22N2O4. The zero-order valence-corrected chi connectivity index (χ0v) is 15.1. The molecule has 27 heavy (non-hydrogen) atoms. The Kier molecular flexibility index (Phi) is 6.10. The lowest BCUT2D eigenvalue weighted by Gasteiger charge is -2.11. The van der Waals surface area contributed by atoms with Crippen LogP contribution in [0.2, 0.25) is 0 Å². The van der Waals surface area contributed by atoms with Crippen molar-refractivity contribution < 1.29 is 19.2 Å². The number of hydrogen-bond donors (Lipinski definition) is 2. The molecule has 3 rings (SSSR count). The Morgan fingerprint density at radius 3 is 2.81 bits per heavy atom. The summed E-state index contributed by atoms with van der Waals surface area (Å²) >= 11 is 0. The molecule has 1 heterocycles. The number of aromatic nitrogens is 1. The number of nitrogens with one attached hydrogen (secondary N) is 1. The number of phenols is 1. The molecule has 2 aromatic carbocycles. The Bertz CT molecular complexity index is 891. The number of carbonyl (C=O) groups is 1. The number of rotatable bonds is 8. The number of ether oxygens (including phenoxy) is 1. The lowest BCUT2D eigenvalue weighted by molar-refractivity contribution is 0.0988. The third kappa shape index (κ3) is 5.10. The Labute approximate surface area is 157 Å². The Morgan fingerprint density at radius 2 is 2.07 bits per heavy atom. The maximum Gasteiger partial charge on any atom is 0.294 e. The monoisotopic (exact) mass is 366 g/mol.